The van der Waals surface area contributed by atoms with Crippen LogP contribution >= 0.6 is 0 Å². The summed E-state index contributed by atoms with van der Waals surface area (Å²) in [7, 11) is -1.86. The molecular formula is C25H31N5OSi. The van der Waals surface area contributed by atoms with Crippen molar-refractivity contribution >= 4 is 36.1 Å². The van der Waals surface area contributed by atoms with Crippen molar-refractivity contribution in [3.05, 3.63) is 48.5 Å². The number of pyridine rings is 1. The summed E-state index contributed by atoms with van der Waals surface area (Å²) in [5.74, 6) is 0.516. The van der Waals surface area contributed by atoms with Crippen LogP contribution in [0, 0.1) is 0 Å². The first-order valence-corrected chi connectivity index (χ1v) is 14.2. The molecule has 0 saturated heterocycles. The van der Waals surface area contributed by atoms with Gasteiger partial charge < -0.3 is 14.7 Å². The second-order valence-electron chi connectivity index (χ2n) is 10.3. The Hall–Kier alpha value is -2.77. The van der Waals surface area contributed by atoms with Gasteiger partial charge in [-0.15, -0.1) is 0 Å². The van der Waals surface area contributed by atoms with Crippen LogP contribution in [0.15, 0.2) is 42.9 Å². The van der Waals surface area contributed by atoms with Gasteiger partial charge in [-0.1, -0.05) is 39.0 Å². The number of nitrogen functional groups attached to an aromatic ring is 1. The smallest absolute Gasteiger partial charge is 0.192 e. The van der Waals surface area contributed by atoms with Crippen molar-refractivity contribution in [2.75, 3.05) is 5.73 Å². The highest BCUT2D eigenvalue weighted by atomic mass is 28.4. The van der Waals surface area contributed by atoms with Crippen molar-refractivity contribution in [1.29, 1.82) is 0 Å². The molecule has 4 aromatic rings. The molecule has 0 saturated carbocycles. The normalized spacial score (nSPS) is 17.1. The zero-order valence-electron chi connectivity index (χ0n) is 19.5. The monoisotopic (exact) mass is 445 g/mol. The van der Waals surface area contributed by atoms with Gasteiger partial charge in [-0.3, -0.25) is 4.98 Å². The molecule has 6 nitrogen and oxygen atoms in total. The summed E-state index contributed by atoms with van der Waals surface area (Å²) >= 11 is 0. The number of anilines is 1. The molecule has 0 amide bonds. The first-order chi connectivity index (χ1) is 15.2. The molecular weight excluding hydrogens is 414 g/mol. The average molecular weight is 446 g/mol. The number of fused-ring (bicyclic) bond motifs is 4. The summed E-state index contributed by atoms with van der Waals surface area (Å²) < 4.78 is 9.09. The number of nitrogens with two attached hydrogens (primary N) is 1. The Labute approximate surface area is 190 Å². The first kappa shape index (κ1) is 21.1. The fourth-order valence-corrected chi connectivity index (χ4v) is 5.88. The molecule has 7 heteroatoms. The second-order valence-corrected chi connectivity index (χ2v) is 15.1. The summed E-state index contributed by atoms with van der Waals surface area (Å²) in [6.45, 7) is 12.3. The lowest BCUT2D eigenvalue weighted by molar-refractivity contribution is 0.140. The molecule has 4 heterocycles. The highest BCUT2D eigenvalue weighted by Crippen LogP contribution is 2.42. The Morgan fingerprint density at radius 1 is 1.12 bits per heavy atom. The molecule has 2 N–H and O–H groups in total. The minimum atomic E-state index is -1.86. The van der Waals surface area contributed by atoms with Crippen LogP contribution in [0.4, 0.5) is 5.82 Å². The topological polar surface area (TPSA) is 78.8 Å². The van der Waals surface area contributed by atoms with Crippen molar-refractivity contribution < 1.29 is 4.43 Å². The zero-order chi connectivity index (χ0) is 22.7. The molecule has 0 radical (unpaired) electrons. The summed E-state index contributed by atoms with van der Waals surface area (Å²) in [5, 5.41) is 2.22. The molecule has 0 aliphatic carbocycles. The fourth-order valence-electron chi connectivity index (χ4n) is 4.50. The van der Waals surface area contributed by atoms with Gasteiger partial charge in [0.05, 0.1) is 17.0 Å². The molecule has 1 aliphatic heterocycles. The number of benzene rings is 1. The number of rotatable bonds is 3. The van der Waals surface area contributed by atoms with Gasteiger partial charge in [-0.2, -0.15) is 0 Å². The van der Waals surface area contributed by atoms with Crippen LogP contribution in [0.2, 0.25) is 18.1 Å². The number of para-hydroxylation sites is 1. The maximum absolute atomic E-state index is 6.78. The molecule has 1 unspecified atom stereocenters. The van der Waals surface area contributed by atoms with Crippen LogP contribution < -0.4 is 5.73 Å². The molecule has 32 heavy (non-hydrogen) atoms. The highest BCUT2D eigenvalue weighted by molar-refractivity contribution is 6.74. The van der Waals surface area contributed by atoms with Crippen LogP contribution in [-0.2, 0) is 17.4 Å². The second kappa shape index (κ2) is 7.39. The van der Waals surface area contributed by atoms with Gasteiger partial charge in [0.2, 0.25) is 0 Å². The molecule has 1 aromatic carbocycles. The van der Waals surface area contributed by atoms with Gasteiger partial charge in [0.25, 0.3) is 0 Å². The molecule has 5 rings (SSSR count). The lowest BCUT2D eigenvalue weighted by atomic mass is 9.98. The fraction of sp³-hybridized carbons (Fsp3) is 0.400. The predicted octanol–water partition coefficient (Wildman–Crippen LogP) is 5.57. The zero-order valence-corrected chi connectivity index (χ0v) is 20.5. The van der Waals surface area contributed by atoms with E-state index >= 15 is 0 Å². The number of nitrogens with zero attached hydrogens (tertiary/aromatic N) is 4. The van der Waals surface area contributed by atoms with Gasteiger partial charge >= 0.3 is 0 Å². The van der Waals surface area contributed by atoms with E-state index in [1.165, 1.54) is 5.69 Å². The van der Waals surface area contributed by atoms with Crippen LogP contribution in [0.1, 0.15) is 32.9 Å². The van der Waals surface area contributed by atoms with Gasteiger partial charge in [0.1, 0.15) is 17.8 Å². The quantitative estimate of drug-likeness (QED) is 0.417. The molecule has 1 atom stereocenters. The van der Waals surface area contributed by atoms with E-state index < -0.39 is 8.32 Å². The highest BCUT2D eigenvalue weighted by Gasteiger charge is 2.40. The van der Waals surface area contributed by atoms with Gasteiger partial charge in [0, 0.05) is 34.9 Å². The van der Waals surface area contributed by atoms with E-state index in [0.29, 0.717) is 5.82 Å². The average Bonchev–Trinajstić information content (AvgIpc) is 3.07. The summed E-state index contributed by atoms with van der Waals surface area (Å²) in [6.07, 6.45) is 5.59. The molecule has 1 aliphatic rings. The Balaban J connectivity index is 1.63. The van der Waals surface area contributed by atoms with E-state index in [4.69, 9.17) is 15.1 Å². The van der Waals surface area contributed by atoms with Crippen molar-refractivity contribution in [2.24, 2.45) is 0 Å². The van der Waals surface area contributed by atoms with Gasteiger partial charge in [-0.25, -0.2) is 9.97 Å². The third-order valence-electron chi connectivity index (χ3n) is 7.21. The van der Waals surface area contributed by atoms with E-state index in [-0.39, 0.29) is 11.1 Å². The van der Waals surface area contributed by atoms with Crippen LogP contribution in [-0.4, -0.2) is 33.9 Å². The summed E-state index contributed by atoms with van der Waals surface area (Å²) in [4.78, 5) is 13.7. The van der Waals surface area contributed by atoms with Gasteiger partial charge in [-0.05, 0) is 43.1 Å². The molecule has 0 spiro atoms. The molecule has 0 fully saturated rings. The number of hydrogen-bond acceptors (Lipinski definition) is 5. The lowest BCUT2D eigenvalue weighted by Crippen LogP contribution is -2.46. The van der Waals surface area contributed by atoms with Crippen molar-refractivity contribution in [3.63, 3.8) is 0 Å². The van der Waals surface area contributed by atoms with E-state index in [9.17, 15) is 0 Å². The van der Waals surface area contributed by atoms with Crippen LogP contribution in [0.5, 0.6) is 0 Å². The maximum atomic E-state index is 6.78. The van der Waals surface area contributed by atoms with Crippen LogP contribution in [0.25, 0.3) is 33.1 Å². The predicted molar refractivity (Wildman–Crippen MR) is 133 cm³/mol. The Morgan fingerprint density at radius 2 is 1.91 bits per heavy atom. The summed E-state index contributed by atoms with van der Waals surface area (Å²) in [6, 6.07) is 10.4. The maximum Gasteiger partial charge on any atom is 0.192 e. The Morgan fingerprint density at radius 3 is 2.69 bits per heavy atom. The summed E-state index contributed by atoms with van der Waals surface area (Å²) in [5.41, 5.74) is 11.7. The Kier molecular flexibility index (Phi) is 4.87. The standard InChI is InChI=1S/C25H31N5OSi/c1-25(2,3)32(4,5)31-18-10-11-20-21(17-12-16-8-6-7-9-19(16)27-13-17)22-23(26)28-15-29-24(22)30(20)14-18/h6-9,12-13,15,18H,10-11,14H2,1-5H3,(H2,26,28,29). The number of hydrogen-bond donors (Lipinski definition) is 1. The number of aromatic nitrogens is 4. The SMILES string of the molecule is CC(C)(C)[Si](C)(C)OC1CCc2c(-c3cnc4ccccc4c3)c3c(N)ncnc3n2C1. The third-order valence-corrected chi connectivity index (χ3v) is 11.7. The van der Waals surface area contributed by atoms with E-state index in [1.807, 2.05) is 24.4 Å². The van der Waals surface area contributed by atoms with E-state index in [1.54, 1.807) is 6.33 Å². The van der Waals surface area contributed by atoms with Crippen molar-refractivity contribution in [1.82, 2.24) is 19.5 Å². The van der Waals surface area contributed by atoms with Crippen molar-refractivity contribution in [2.45, 2.75) is 64.4 Å². The molecule has 166 valence electrons. The lowest BCUT2D eigenvalue weighted by Gasteiger charge is -2.40. The van der Waals surface area contributed by atoms with E-state index in [0.717, 1.165) is 52.4 Å². The molecule has 0 bridgehead atoms. The van der Waals surface area contributed by atoms with Crippen molar-refractivity contribution in [3.8, 4) is 11.1 Å². The van der Waals surface area contributed by atoms with Gasteiger partial charge in [0.15, 0.2) is 8.32 Å². The third kappa shape index (κ3) is 3.40. The minimum Gasteiger partial charge on any atom is -0.412 e. The van der Waals surface area contributed by atoms with E-state index in [2.05, 4.69) is 60.5 Å². The largest absolute Gasteiger partial charge is 0.412 e. The van der Waals surface area contributed by atoms with Crippen LogP contribution in [0.3, 0.4) is 0 Å². The minimum absolute atomic E-state index is 0.178. The molecule has 3 aromatic heterocycles. The Bertz CT molecular complexity index is 1320. The first-order valence-electron chi connectivity index (χ1n) is 11.3.